The second kappa shape index (κ2) is 6.44. The SMILES string of the molecule is CC1CC(C)CN(C(=O)CN2C3CCC2CC(O)(c2ccco2)C3)C1. The molecule has 1 aromatic heterocycles. The maximum Gasteiger partial charge on any atom is 0.236 e. The molecule has 138 valence electrons. The number of aliphatic hydroxyl groups is 1. The van der Waals surface area contributed by atoms with Crippen LogP contribution >= 0.6 is 0 Å². The third-order valence-corrected chi connectivity index (χ3v) is 6.44. The largest absolute Gasteiger partial charge is 0.466 e. The molecular weight excluding hydrogens is 316 g/mol. The Morgan fingerprint density at radius 1 is 1.24 bits per heavy atom. The van der Waals surface area contributed by atoms with Crippen LogP contribution in [0.1, 0.15) is 51.7 Å². The van der Waals surface area contributed by atoms with Gasteiger partial charge in [0.25, 0.3) is 0 Å². The number of carbonyl (C=O) groups is 1. The lowest BCUT2D eigenvalue weighted by molar-refractivity contribution is -0.139. The van der Waals surface area contributed by atoms with Gasteiger partial charge in [0.05, 0.1) is 12.8 Å². The molecule has 5 nitrogen and oxygen atoms in total. The third kappa shape index (κ3) is 3.24. The van der Waals surface area contributed by atoms with Crippen LogP contribution in [0, 0.1) is 11.8 Å². The van der Waals surface area contributed by atoms with Gasteiger partial charge in [-0.3, -0.25) is 9.69 Å². The number of piperidine rings is 2. The molecule has 3 saturated heterocycles. The van der Waals surface area contributed by atoms with E-state index in [0.717, 1.165) is 25.9 Å². The Morgan fingerprint density at radius 2 is 1.88 bits per heavy atom. The van der Waals surface area contributed by atoms with Gasteiger partial charge in [-0.05, 0) is 56.1 Å². The molecule has 0 aliphatic carbocycles. The normalized spacial score (nSPS) is 38.9. The minimum absolute atomic E-state index is 0.263. The van der Waals surface area contributed by atoms with Crippen LogP contribution in [0.25, 0.3) is 0 Å². The fourth-order valence-corrected chi connectivity index (χ4v) is 5.44. The summed E-state index contributed by atoms with van der Waals surface area (Å²) < 4.78 is 5.49. The van der Waals surface area contributed by atoms with Crippen LogP contribution in [0.5, 0.6) is 0 Å². The Balaban J connectivity index is 1.42. The molecule has 3 aliphatic heterocycles. The van der Waals surface area contributed by atoms with E-state index in [-0.39, 0.29) is 18.0 Å². The number of rotatable bonds is 3. The van der Waals surface area contributed by atoms with Gasteiger partial charge in [-0.15, -0.1) is 0 Å². The molecule has 3 fully saturated rings. The van der Waals surface area contributed by atoms with Crippen LogP contribution in [0.15, 0.2) is 22.8 Å². The Labute approximate surface area is 150 Å². The lowest BCUT2D eigenvalue weighted by Crippen LogP contribution is -2.54. The van der Waals surface area contributed by atoms with Crippen LogP contribution in [0.4, 0.5) is 0 Å². The van der Waals surface area contributed by atoms with Gasteiger partial charge in [0, 0.05) is 25.2 Å². The first kappa shape index (κ1) is 17.1. The molecule has 5 heteroatoms. The Hall–Kier alpha value is -1.33. The number of hydrogen-bond donors (Lipinski definition) is 1. The minimum atomic E-state index is -0.872. The summed E-state index contributed by atoms with van der Waals surface area (Å²) in [5.41, 5.74) is -0.872. The summed E-state index contributed by atoms with van der Waals surface area (Å²) in [5.74, 6) is 2.12. The quantitative estimate of drug-likeness (QED) is 0.914. The summed E-state index contributed by atoms with van der Waals surface area (Å²) in [5, 5.41) is 11.1. The van der Waals surface area contributed by atoms with Crippen molar-refractivity contribution in [1.82, 2.24) is 9.80 Å². The van der Waals surface area contributed by atoms with Crippen molar-refractivity contribution >= 4 is 5.91 Å². The first-order chi connectivity index (χ1) is 11.9. The van der Waals surface area contributed by atoms with Crippen LogP contribution in [0.3, 0.4) is 0 Å². The van der Waals surface area contributed by atoms with E-state index >= 15 is 0 Å². The first-order valence-electron chi connectivity index (χ1n) is 9.74. The van der Waals surface area contributed by atoms with E-state index in [9.17, 15) is 9.90 Å². The van der Waals surface area contributed by atoms with Crippen molar-refractivity contribution in [3.63, 3.8) is 0 Å². The van der Waals surface area contributed by atoms with Crippen LogP contribution < -0.4 is 0 Å². The van der Waals surface area contributed by atoms with Gasteiger partial charge >= 0.3 is 0 Å². The molecule has 2 bridgehead atoms. The van der Waals surface area contributed by atoms with Crippen LogP contribution in [0.2, 0.25) is 0 Å². The summed E-state index contributed by atoms with van der Waals surface area (Å²) in [7, 11) is 0. The average Bonchev–Trinajstić information content (AvgIpc) is 3.16. The summed E-state index contributed by atoms with van der Waals surface area (Å²) in [6, 6.07) is 4.26. The van der Waals surface area contributed by atoms with Crippen molar-refractivity contribution in [3.8, 4) is 0 Å². The summed E-state index contributed by atoms with van der Waals surface area (Å²) in [6.45, 7) is 6.77. The zero-order valence-electron chi connectivity index (χ0n) is 15.4. The van der Waals surface area contributed by atoms with Crippen molar-refractivity contribution in [2.75, 3.05) is 19.6 Å². The topological polar surface area (TPSA) is 56.9 Å². The fraction of sp³-hybridized carbons (Fsp3) is 0.750. The number of fused-ring (bicyclic) bond motifs is 2. The second-order valence-corrected chi connectivity index (χ2v) is 8.72. The molecule has 0 aromatic carbocycles. The molecule has 0 saturated carbocycles. The standard InChI is InChI=1S/C20H30N2O3/c1-14-8-15(2)12-21(11-14)19(23)13-22-16-5-6-17(22)10-20(24,9-16)18-4-3-7-25-18/h3-4,7,14-17,24H,5-6,8-13H2,1-2H3. The van der Waals surface area contributed by atoms with E-state index in [0.29, 0.717) is 37.0 Å². The Kier molecular flexibility index (Phi) is 4.40. The van der Waals surface area contributed by atoms with Gasteiger partial charge in [0.1, 0.15) is 11.4 Å². The van der Waals surface area contributed by atoms with Crippen molar-refractivity contribution < 1.29 is 14.3 Å². The monoisotopic (exact) mass is 346 g/mol. The molecular formula is C20H30N2O3. The molecule has 4 atom stereocenters. The van der Waals surface area contributed by atoms with Gasteiger partial charge in [-0.2, -0.15) is 0 Å². The van der Waals surface area contributed by atoms with Gasteiger partial charge in [-0.1, -0.05) is 13.8 Å². The molecule has 1 aromatic rings. The summed E-state index contributed by atoms with van der Waals surface area (Å²) in [4.78, 5) is 17.3. The number of furan rings is 1. The number of carbonyl (C=O) groups excluding carboxylic acids is 1. The third-order valence-electron chi connectivity index (χ3n) is 6.44. The van der Waals surface area contributed by atoms with Gasteiger partial charge < -0.3 is 14.4 Å². The number of amides is 1. The van der Waals surface area contributed by atoms with Gasteiger partial charge in [0.2, 0.25) is 5.91 Å². The smallest absolute Gasteiger partial charge is 0.236 e. The molecule has 4 rings (SSSR count). The average molecular weight is 346 g/mol. The highest BCUT2D eigenvalue weighted by Gasteiger charge is 2.50. The maximum absolute atomic E-state index is 12.9. The minimum Gasteiger partial charge on any atom is -0.466 e. The lowest BCUT2D eigenvalue weighted by Gasteiger charge is -2.43. The number of likely N-dealkylation sites (tertiary alicyclic amines) is 1. The molecule has 3 aliphatic rings. The zero-order valence-corrected chi connectivity index (χ0v) is 15.4. The van der Waals surface area contributed by atoms with Crippen LogP contribution in [-0.4, -0.2) is 52.5 Å². The predicted molar refractivity (Wildman–Crippen MR) is 94.9 cm³/mol. The molecule has 4 unspecified atom stereocenters. The summed E-state index contributed by atoms with van der Waals surface area (Å²) >= 11 is 0. The van der Waals surface area contributed by atoms with Crippen molar-refractivity contribution in [1.29, 1.82) is 0 Å². The van der Waals surface area contributed by atoms with Crippen molar-refractivity contribution in [2.24, 2.45) is 11.8 Å². The van der Waals surface area contributed by atoms with E-state index < -0.39 is 5.60 Å². The van der Waals surface area contributed by atoms with Crippen molar-refractivity contribution in [3.05, 3.63) is 24.2 Å². The number of hydrogen-bond acceptors (Lipinski definition) is 4. The van der Waals surface area contributed by atoms with Crippen LogP contribution in [-0.2, 0) is 10.4 Å². The van der Waals surface area contributed by atoms with E-state index in [2.05, 4.69) is 23.6 Å². The highest BCUT2D eigenvalue weighted by atomic mass is 16.4. The molecule has 25 heavy (non-hydrogen) atoms. The first-order valence-corrected chi connectivity index (χ1v) is 9.74. The molecule has 1 amide bonds. The van der Waals surface area contributed by atoms with E-state index in [4.69, 9.17) is 4.42 Å². The molecule has 4 heterocycles. The predicted octanol–water partition coefficient (Wildman–Crippen LogP) is 2.60. The van der Waals surface area contributed by atoms with Crippen molar-refractivity contribution in [2.45, 2.75) is 63.6 Å². The van der Waals surface area contributed by atoms with E-state index in [1.54, 1.807) is 6.26 Å². The lowest BCUT2D eigenvalue weighted by atomic mass is 9.84. The molecule has 0 spiro atoms. The maximum atomic E-state index is 12.9. The van der Waals surface area contributed by atoms with E-state index in [1.165, 1.54) is 6.42 Å². The Morgan fingerprint density at radius 3 is 2.44 bits per heavy atom. The highest BCUT2D eigenvalue weighted by Crippen LogP contribution is 2.45. The fourth-order valence-electron chi connectivity index (χ4n) is 5.44. The second-order valence-electron chi connectivity index (χ2n) is 8.72. The van der Waals surface area contributed by atoms with E-state index in [1.807, 2.05) is 12.1 Å². The number of nitrogens with zero attached hydrogens (tertiary/aromatic N) is 2. The molecule has 1 N–H and O–H groups in total. The van der Waals surface area contributed by atoms with Gasteiger partial charge in [-0.25, -0.2) is 0 Å². The Bertz CT molecular complexity index is 590. The van der Waals surface area contributed by atoms with Gasteiger partial charge in [0.15, 0.2) is 0 Å². The summed E-state index contributed by atoms with van der Waals surface area (Å²) in [6.07, 6.45) is 6.30. The zero-order chi connectivity index (χ0) is 17.6. The molecule has 0 radical (unpaired) electrons. The highest BCUT2D eigenvalue weighted by molar-refractivity contribution is 5.78.